The molecule has 0 bridgehead atoms. The minimum Gasteiger partial charge on any atom is -0.508 e. The minimum absolute atomic E-state index is 0.136. The molecule has 1 rings (SSSR count). The molecule has 0 aliphatic carbocycles. The number of benzene rings is 1. The summed E-state index contributed by atoms with van der Waals surface area (Å²) in [6.45, 7) is 0.161. The second-order valence-corrected chi connectivity index (χ2v) is 3.10. The first-order valence-electron chi connectivity index (χ1n) is 3.25. The molecule has 0 unspecified atom stereocenters. The van der Waals surface area contributed by atoms with Gasteiger partial charge >= 0.3 is 0 Å². The van der Waals surface area contributed by atoms with Crippen LogP contribution in [0.5, 0.6) is 5.75 Å². The van der Waals surface area contributed by atoms with Gasteiger partial charge in [-0.15, -0.1) is 0 Å². The first-order chi connectivity index (χ1) is 5.74. The van der Waals surface area contributed by atoms with Crippen LogP contribution in [0.2, 0.25) is 0 Å². The Morgan fingerprint density at radius 1 is 1.58 bits per heavy atom. The zero-order valence-corrected chi connectivity index (χ0v) is 7.71. The normalized spacial score (nSPS) is 9.08. The highest BCUT2D eigenvalue weighted by atomic mass is 79.9. The Morgan fingerprint density at radius 2 is 2.33 bits per heavy atom. The quantitative estimate of drug-likeness (QED) is 0.621. The molecule has 1 aromatic rings. The third kappa shape index (κ3) is 2.19. The van der Waals surface area contributed by atoms with E-state index in [1.54, 1.807) is 18.2 Å². The molecule has 4 heteroatoms. The van der Waals surface area contributed by atoms with E-state index in [4.69, 9.17) is 0 Å². The van der Waals surface area contributed by atoms with Gasteiger partial charge in [-0.3, -0.25) is 0 Å². The number of rotatable bonds is 2. The number of phenolic OH excluding ortho intramolecular Hbond substituents is 1. The number of hydrogen-bond acceptors (Lipinski definition) is 3. The molecule has 0 radical (unpaired) electrons. The van der Waals surface area contributed by atoms with E-state index >= 15 is 0 Å². The molecular formula is C8H6BrNO2. The van der Waals surface area contributed by atoms with Crippen molar-refractivity contribution in [3.8, 4) is 5.75 Å². The zero-order chi connectivity index (χ0) is 8.97. The molecule has 0 amide bonds. The van der Waals surface area contributed by atoms with Gasteiger partial charge in [-0.2, -0.15) is 0 Å². The van der Waals surface area contributed by atoms with E-state index in [-0.39, 0.29) is 12.3 Å². The average Bonchev–Trinajstić information content (AvgIpc) is 2.07. The number of halogens is 1. The van der Waals surface area contributed by atoms with E-state index < -0.39 is 0 Å². The fourth-order valence-electron chi connectivity index (χ4n) is 0.798. The van der Waals surface area contributed by atoms with Gasteiger partial charge in [0, 0.05) is 10.0 Å². The molecular weight excluding hydrogens is 222 g/mol. The zero-order valence-electron chi connectivity index (χ0n) is 6.12. The Labute approximate surface area is 77.9 Å². The van der Waals surface area contributed by atoms with Gasteiger partial charge in [-0.25, -0.2) is 9.79 Å². The van der Waals surface area contributed by atoms with Gasteiger partial charge in [0.25, 0.3) is 0 Å². The largest absolute Gasteiger partial charge is 0.508 e. The molecule has 1 aromatic carbocycles. The average molecular weight is 228 g/mol. The highest BCUT2D eigenvalue weighted by Gasteiger charge is 1.99. The van der Waals surface area contributed by atoms with E-state index in [0.29, 0.717) is 5.56 Å². The van der Waals surface area contributed by atoms with Crippen LogP contribution >= 0.6 is 15.9 Å². The van der Waals surface area contributed by atoms with Crippen LogP contribution in [0.15, 0.2) is 27.7 Å². The summed E-state index contributed by atoms with van der Waals surface area (Å²) in [7, 11) is 0. The van der Waals surface area contributed by atoms with Crippen molar-refractivity contribution in [3.63, 3.8) is 0 Å². The van der Waals surface area contributed by atoms with E-state index in [1.165, 1.54) is 6.08 Å². The number of isocyanates is 1. The number of nitrogens with zero attached hydrogens (tertiary/aromatic N) is 1. The van der Waals surface area contributed by atoms with Crippen molar-refractivity contribution in [2.45, 2.75) is 6.54 Å². The van der Waals surface area contributed by atoms with E-state index in [0.717, 1.165) is 4.47 Å². The molecule has 0 saturated carbocycles. The Morgan fingerprint density at radius 3 is 3.00 bits per heavy atom. The molecule has 62 valence electrons. The summed E-state index contributed by atoms with van der Waals surface area (Å²) in [6, 6.07) is 4.96. The number of phenols is 1. The Bertz CT molecular complexity index is 332. The summed E-state index contributed by atoms with van der Waals surface area (Å²) in [6.07, 6.45) is 1.41. The summed E-state index contributed by atoms with van der Waals surface area (Å²) in [5.41, 5.74) is 0.604. The summed E-state index contributed by atoms with van der Waals surface area (Å²) in [5, 5.41) is 9.25. The van der Waals surface area contributed by atoms with Crippen LogP contribution in [0.1, 0.15) is 5.56 Å². The predicted octanol–water partition coefficient (Wildman–Crippen LogP) is 1.99. The van der Waals surface area contributed by atoms with Gasteiger partial charge in [-0.1, -0.05) is 15.9 Å². The van der Waals surface area contributed by atoms with Crippen LogP contribution in [0.4, 0.5) is 0 Å². The van der Waals surface area contributed by atoms with Crippen molar-refractivity contribution in [1.29, 1.82) is 0 Å². The second kappa shape index (κ2) is 4.04. The molecule has 0 saturated heterocycles. The van der Waals surface area contributed by atoms with Crippen LogP contribution < -0.4 is 0 Å². The maximum atomic E-state index is 9.79. The lowest BCUT2D eigenvalue weighted by molar-refractivity contribution is 0.468. The van der Waals surface area contributed by atoms with Gasteiger partial charge < -0.3 is 5.11 Å². The summed E-state index contributed by atoms with van der Waals surface area (Å²) < 4.78 is 0.844. The monoisotopic (exact) mass is 227 g/mol. The first kappa shape index (κ1) is 8.97. The van der Waals surface area contributed by atoms with Crippen LogP contribution in [0.25, 0.3) is 0 Å². The van der Waals surface area contributed by atoms with E-state index in [9.17, 15) is 9.90 Å². The van der Waals surface area contributed by atoms with Crippen molar-refractivity contribution < 1.29 is 9.90 Å². The first-order valence-corrected chi connectivity index (χ1v) is 4.04. The van der Waals surface area contributed by atoms with Gasteiger partial charge in [0.1, 0.15) is 5.75 Å². The Hall–Kier alpha value is -1.12. The predicted molar refractivity (Wildman–Crippen MR) is 47.6 cm³/mol. The third-order valence-corrected chi connectivity index (χ3v) is 1.85. The van der Waals surface area contributed by atoms with E-state index in [2.05, 4.69) is 20.9 Å². The van der Waals surface area contributed by atoms with Crippen LogP contribution in [-0.4, -0.2) is 11.2 Å². The van der Waals surface area contributed by atoms with Crippen molar-refractivity contribution >= 4 is 22.0 Å². The van der Waals surface area contributed by atoms with Crippen molar-refractivity contribution in [2.75, 3.05) is 0 Å². The highest BCUT2D eigenvalue weighted by molar-refractivity contribution is 9.10. The summed E-state index contributed by atoms with van der Waals surface area (Å²) in [4.78, 5) is 13.1. The molecule has 0 aliphatic rings. The van der Waals surface area contributed by atoms with Gasteiger partial charge in [0.05, 0.1) is 6.54 Å². The second-order valence-electron chi connectivity index (χ2n) is 2.18. The van der Waals surface area contributed by atoms with Crippen LogP contribution in [0, 0.1) is 0 Å². The maximum absolute atomic E-state index is 9.79. The Kier molecular flexibility index (Phi) is 3.02. The van der Waals surface area contributed by atoms with Gasteiger partial charge in [-0.05, 0) is 18.2 Å². The fourth-order valence-corrected chi connectivity index (χ4v) is 1.21. The number of hydrogen-bond donors (Lipinski definition) is 1. The fraction of sp³-hybridized carbons (Fsp3) is 0.125. The summed E-state index contributed by atoms with van der Waals surface area (Å²) >= 11 is 3.24. The van der Waals surface area contributed by atoms with Gasteiger partial charge in [0.2, 0.25) is 6.08 Å². The number of aliphatic imine (C=N–C) groups is 1. The Balaban J connectivity index is 2.96. The van der Waals surface area contributed by atoms with Gasteiger partial charge in [0.15, 0.2) is 0 Å². The highest BCUT2D eigenvalue weighted by Crippen LogP contribution is 2.22. The molecule has 0 atom stereocenters. The lowest BCUT2D eigenvalue weighted by atomic mass is 10.2. The van der Waals surface area contributed by atoms with Crippen molar-refractivity contribution in [3.05, 3.63) is 28.2 Å². The molecule has 0 aromatic heterocycles. The molecule has 0 aliphatic heterocycles. The maximum Gasteiger partial charge on any atom is 0.235 e. The van der Waals surface area contributed by atoms with Crippen LogP contribution in [-0.2, 0) is 11.3 Å². The topological polar surface area (TPSA) is 49.7 Å². The van der Waals surface area contributed by atoms with Crippen molar-refractivity contribution in [1.82, 2.24) is 0 Å². The smallest absolute Gasteiger partial charge is 0.235 e. The third-order valence-electron chi connectivity index (χ3n) is 1.36. The van der Waals surface area contributed by atoms with Crippen LogP contribution in [0.3, 0.4) is 0 Å². The standard InChI is InChI=1S/C8H6BrNO2/c9-7-1-2-8(12)6(3-7)4-10-5-11/h1-3,12H,4H2. The molecule has 1 N–H and O–H groups in total. The SMILES string of the molecule is O=C=NCc1cc(Br)ccc1O. The summed E-state index contributed by atoms with van der Waals surface area (Å²) in [5.74, 6) is 0.136. The molecule has 0 fully saturated rings. The number of aromatic hydroxyl groups is 1. The molecule has 12 heavy (non-hydrogen) atoms. The molecule has 3 nitrogen and oxygen atoms in total. The molecule has 0 heterocycles. The molecule has 0 spiro atoms. The lowest BCUT2D eigenvalue weighted by Gasteiger charge is -1.99. The van der Waals surface area contributed by atoms with Crippen molar-refractivity contribution in [2.24, 2.45) is 4.99 Å². The lowest BCUT2D eigenvalue weighted by Crippen LogP contribution is -1.82. The minimum atomic E-state index is 0.136. The van der Waals surface area contributed by atoms with E-state index in [1.807, 2.05) is 0 Å². The number of carbonyl (C=O) groups excluding carboxylic acids is 1.